The van der Waals surface area contributed by atoms with Gasteiger partial charge < -0.3 is 10.1 Å². The van der Waals surface area contributed by atoms with E-state index in [-0.39, 0.29) is 23.0 Å². The third-order valence-corrected chi connectivity index (χ3v) is 6.93. The van der Waals surface area contributed by atoms with Gasteiger partial charge in [0.25, 0.3) is 5.91 Å². The first-order valence-electron chi connectivity index (χ1n) is 11.2. The van der Waals surface area contributed by atoms with Gasteiger partial charge in [0.1, 0.15) is 5.00 Å². The summed E-state index contributed by atoms with van der Waals surface area (Å²) in [6.07, 6.45) is 3.37. The van der Waals surface area contributed by atoms with E-state index in [1.54, 1.807) is 32.3 Å². The third-order valence-electron chi connectivity index (χ3n) is 5.62. The highest BCUT2D eigenvalue weighted by molar-refractivity contribution is 7.18. The number of esters is 1. The number of pyridine rings is 2. The Morgan fingerprint density at radius 3 is 2.54 bits per heavy atom. The minimum Gasteiger partial charge on any atom is -0.462 e. The number of benzene rings is 1. The van der Waals surface area contributed by atoms with Crippen LogP contribution in [0.5, 0.6) is 0 Å². The summed E-state index contributed by atoms with van der Waals surface area (Å²) in [4.78, 5) is 47.9. The number of Topliss-reactive ketones (excluding diaryl/α,β-unsaturated/α-hetero) is 1. The molecule has 8 heteroatoms. The molecule has 0 saturated carbocycles. The molecule has 0 saturated heterocycles. The van der Waals surface area contributed by atoms with E-state index in [1.165, 1.54) is 6.92 Å². The number of fused-ring (bicyclic) bond motifs is 1. The molecule has 7 nitrogen and oxygen atoms in total. The molecule has 0 atom stereocenters. The van der Waals surface area contributed by atoms with Crippen LogP contribution in [-0.4, -0.2) is 34.2 Å². The maximum atomic E-state index is 13.7. The van der Waals surface area contributed by atoms with Gasteiger partial charge in [-0.1, -0.05) is 11.6 Å². The monoisotopic (exact) mass is 487 g/mol. The number of anilines is 1. The molecule has 0 aliphatic rings. The molecule has 178 valence electrons. The summed E-state index contributed by atoms with van der Waals surface area (Å²) in [7, 11) is 0. The zero-order valence-corrected chi connectivity index (χ0v) is 21.0. The van der Waals surface area contributed by atoms with Crippen LogP contribution in [0.2, 0.25) is 0 Å². The van der Waals surface area contributed by atoms with E-state index in [0.717, 1.165) is 28.0 Å². The second-order valence-electron chi connectivity index (χ2n) is 8.27. The normalized spacial score (nSPS) is 10.9. The summed E-state index contributed by atoms with van der Waals surface area (Å²) in [5.74, 6) is -1.17. The molecular weight excluding hydrogens is 462 g/mol. The van der Waals surface area contributed by atoms with Crippen molar-refractivity contribution in [3.63, 3.8) is 0 Å². The molecule has 1 amide bonds. The van der Waals surface area contributed by atoms with E-state index in [4.69, 9.17) is 9.72 Å². The molecule has 0 bridgehead atoms. The molecule has 4 aromatic rings. The number of carbonyl (C=O) groups excluding carboxylic acids is 3. The van der Waals surface area contributed by atoms with Crippen molar-refractivity contribution in [2.45, 2.75) is 34.6 Å². The Bertz CT molecular complexity index is 1480. The van der Waals surface area contributed by atoms with Crippen molar-refractivity contribution < 1.29 is 19.1 Å². The van der Waals surface area contributed by atoms with Gasteiger partial charge in [-0.15, -0.1) is 11.3 Å². The number of hydrogen-bond donors (Lipinski definition) is 1. The lowest BCUT2D eigenvalue weighted by Gasteiger charge is -2.13. The van der Waals surface area contributed by atoms with E-state index in [2.05, 4.69) is 10.3 Å². The van der Waals surface area contributed by atoms with Gasteiger partial charge in [0.05, 0.1) is 33.8 Å². The zero-order chi connectivity index (χ0) is 25.3. The number of amides is 1. The van der Waals surface area contributed by atoms with E-state index < -0.39 is 11.9 Å². The highest BCUT2D eigenvalue weighted by atomic mass is 32.1. The van der Waals surface area contributed by atoms with Gasteiger partial charge in [0, 0.05) is 23.3 Å². The van der Waals surface area contributed by atoms with Crippen molar-refractivity contribution in [1.82, 2.24) is 9.97 Å². The van der Waals surface area contributed by atoms with Gasteiger partial charge in [-0.3, -0.25) is 14.6 Å². The summed E-state index contributed by atoms with van der Waals surface area (Å²) < 4.78 is 5.20. The highest BCUT2D eigenvalue weighted by Gasteiger charge is 2.26. The first-order chi connectivity index (χ1) is 16.7. The van der Waals surface area contributed by atoms with Crippen molar-refractivity contribution >= 4 is 44.9 Å². The zero-order valence-electron chi connectivity index (χ0n) is 20.2. The van der Waals surface area contributed by atoms with Gasteiger partial charge in [0.2, 0.25) is 0 Å². The lowest BCUT2D eigenvalue weighted by molar-refractivity contribution is 0.0527. The van der Waals surface area contributed by atoms with E-state index in [9.17, 15) is 14.4 Å². The number of carbonyl (C=O) groups is 3. The topological polar surface area (TPSA) is 98.2 Å². The van der Waals surface area contributed by atoms with Gasteiger partial charge >= 0.3 is 5.97 Å². The summed E-state index contributed by atoms with van der Waals surface area (Å²) >= 11 is 1.08. The summed E-state index contributed by atoms with van der Waals surface area (Å²) in [6, 6.07) is 9.36. The largest absolute Gasteiger partial charge is 0.462 e. The number of aromatic nitrogens is 2. The Morgan fingerprint density at radius 1 is 1.11 bits per heavy atom. The SMILES string of the molecule is CCOC(=O)c1c(NC(=O)c2cc(-c3cccnc3)nc3c(C)cc(C)cc23)sc(C(C)=O)c1C. The molecule has 4 rings (SSSR count). The minimum atomic E-state index is -0.577. The Labute approximate surface area is 207 Å². The van der Waals surface area contributed by atoms with Crippen molar-refractivity contribution in [3.05, 3.63) is 75.4 Å². The molecule has 0 radical (unpaired) electrons. The Hall–Kier alpha value is -3.91. The Balaban J connectivity index is 1.87. The van der Waals surface area contributed by atoms with Crippen LogP contribution in [-0.2, 0) is 4.74 Å². The molecule has 35 heavy (non-hydrogen) atoms. The number of ketones is 1. The first-order valence-corrected chi connectivity index (χ1v) is 12.0. The second kappa shape index (κ2) is 9.76. The quantitative estimate of drug-likeness (QED) is 0.268. The lowest BCUT2D eigenvalue weighted by atomic mass is 9.99. The molecule has 0 unspecified atom stereocenters. The molecule has 0 aliphatic heterocycles. The number of nitrogens with one attached hydrogen (secondary N) is 1. The number of ether oxygens (including phenoxy) is 1. The van der Waals surface area contributed by atoms with Gasteiger partial charge in [-0.25, -0.2) is 9.78 Å². The molecule has 0 spiro atoms. The van der Waals surface area contributed by atoms with Crippen LogP contribution >= 0.6 is 11.3 Å². The van der Waals surface area contributed by atoms with Crippen LogP contribution in [0, 0.1) is 20.8 Å². The molecule has 1 N–H and O–H groups in total. The van der Waals surface area contributed by atoms with Crippen LogP contribution in [0.4, 0.5) is 5.00 Å². The van der Waals surface area contributed by atoms with Gasteiger partial charge in [-0.2, -0.15) is 0 Å². The van der Waals surface area contributed by atoms with Crippen LogP contribution in [0.3, 0.4) is 0 Å². The number of rotatable bonds is 6. The summed E-state index contributed by atoms with van der Waals surface area (Å²) in [5.41, 5.74) is 5.15. The maximum absolute atomic E-state index is 13.7. The molecule has 3 aromatic heterocycles. The lowest BCUT2D eigenvalue weighted by Crippen LogP contribution is -2.16. The van der Waals surface area contributed by atoms with Crippen molar-refractivity contribution in [2.75, 3.05) is 11.9 Å². The average Bonchev–Trinajstić information content (AvgIpc) is 3.15. The van der Waals surface area contributed by atoms with Crippen molar-refractivity contribution in [1.29, 1.82) is 0 Å². The molecular formula is C27H25N3O4S. The predicted octanol–water partition coefficient (Wildman–Crippen LogP) is 5.92. The van der Waals surface area contributed by atoms with Crippen LogP contribution in [0.15, 0.2) is 42.7 Å². The number of hydrogen-bond acceptors (Lipinski definition) is 7. The van der Waals surface area contributed by atoms with E-state index in [1.807, 2.05) is 38.1 Å². The number of thiophene rings is 1. The molecule has 0 fully saturated rings. The van der Waals surface area contributed by atoms with Crippen LogP contribution in [0.1, 0.15) is 60.9 Å². The predicted molar refractivity (Wildman–Crippen MR) is 137 cm³/mol. The average molecular weight is 488 g/mol. The molecule has 3 heterocycles. The van der Waals surface area contributed by atoms with E-state index in [0.29, 0.717) is 32.6 Å². The highest BCUT2D eigenvalue weighted by Crippen LogP contribution is 2.35. The summed E-state index contributed by atoms with van der Waals surface area (Å²) in [6.45, 7) is 8.92. The Morgan fingerprint density at radius 2 is 1.89 bits per heavy atom. The standard InChI is InChI=1S/C27H25N3O4S/c1-6-34-27(33)22-16(4)24(17(5)31)35-26(22)30-25(32)20-12-21(18-8-7-9-28-13-18)29-23-15(3)10-14(2)11-19(20)23/h7-13H,6H2,1-5H3,(H,30,32). The fourth-order valence-corrected chi connectivity index (χ4v) is 5.17. The fraction of sp³-hybridized carbons (Fsp3) is 0.222. The number of aryl methyl sites for hydroxylation is 2. The fourth-order valence-electron chi connectivity index (χ4n) is 4.09. The minimum absolute atomic E-state index is 0.179. The maximum Gasteiger partial charge on any atom is 0.341 e. The van der Waals surface area contributed by atoms with Crippen LogP contribution < -0.4 is 5.32 Å². The van der Waals surface area contributed by atoms with Gasteiger partial charge in [-0.05, 0) is 70.0 Å². The van der Waals surface area contributed by atoms with E-state index >= 15 is 0 Å². The van der Waals surface area contributed by atoms with Crippen molar-refractivity contribution in [2.24, 2.45) is 0 Å². The first kappa shape index (κ1) is 24.2. The second-order valence-corrected chi connectivity index (χ2v) is 9.29. The third kappa shape index (κ3) is 4.70. The van der Waals surface area contributed by atoms with Gasteiger partial charge in [0.15, 0.2) is 5.78 Å². The molecule has 0 aliphatic carbocycles. The summed E-state index contributed by atoms with van der Waals surface area (Å²) in [5, 5.41) is 3.86. The molecule has 1 aromatic carbocycles. The van der Waals surface area contributed by atoms with Crippen molar-refractivity contribution in [3.8, 4) is 11.3 Å². The van der Waals surface area contributed by atoms with Crippen LogP contribution in [0.25, 0.3) is 22.2 Å². The Kier molecular flexibility index (Phi) is 6.75. The smallest absolute Gasteiger partial charge is 0.341 e. The number of nitrogens with zero attached hydrogens (tertiary/aromatic N) is 2.